The van der Waals surface area contributed by atoms with E-state index in [2.05, 4.69) is 64.5 Å². The molecule has 0 aromatic carbocycles. The van der Waals surface area contributed by atoms with Gasteiger partial charge in [-0.2, -0.15) is 4.98 Å². The number of anilines is 2. The summed E-state index contributed by atoms with van der Waals surface area (Å²) in [4.78, 5) is 14.8. The highest BCUT2D eigenvalue weighted by atomic mass is 32.1. The number of hydrogen-bond donors (Lipinski definition) is 1. The van der Waals surface area contributed by atoms with Crippen LogP contribution in [0.1, 0.15) is 13.8 Å². The van der Waals surface area contributed by atoms with Crippen molar-refractivity contribution in [3.8, 4) is 0 Å². The van der Waals surface area contributed by atoms with E-state index in [9.17, 15) is 0 Å². The van der Waals surface area contributed by atoms with Gasteiger partial charge in [0.1, 0.15) is 10.6 Å². The Bertz CT molecular complexity index is 566. The Labute approximate surface area is 124 Å². The van der Waals surface area contributed by atoms with Crippen LogP contribution in [0.4, 0.5) is 11.8 Å². The molecule has 5 nitrogen and oxygen atoms in total. The van der Waals surface area contributed by atoms with E-state index >= 15 is 0 Å². The van der Waals surface area contributed by atoms with Crippen LogP contribution in [0.3, 0.4) is 0 Å². The molecule has 1 N–H and O–H groups in total. The molecule has 0 amide bonds. The van der Waals surface area contributed by atoms with Crippen LogP contribution in [0.5, 0.6) is 0 Å². The van der Waals surface area contributed by atoms with Gasteiger partial charge in [0.2, 0.25) is 5.95 Å². The number of rotatable bonds is 6. The molecule has 6 heteroatoms. The molecule has 0 radical (unpaired) electrons. The van der Waals surface area contributed by atoms with Crippen LogP contribution < -0.4 is 10.2 Å². The van der Waals surface area contributed by atoms with Crippen molar-refractivity contribution in [2.75, 3.05) is 44.4 Å². The van der Waals surface area contributed by atoms with E-state index < -0.39 is 0 Å². The van der Waals surface area contributed by atoms with E-state index in [0.717, 1.165) is 29.1 Å². The van der Waals surface area contributed by atoms with E-state index in [1.165, 1.54) is 0 Å². The summed E-state index contributed by atoms with van der Waals surface area (Å²) in [6.45, 7) is 6.34. The summed E-state index contributed by atoms with van der Waals surface area (Å²) < 4.78 is 0. The quantitative estimate of drug-likeness (QED) is 0.886. The number of nitrogens with zero attached hydrogens (tertiary/aromatic N) is 4. The number of thiophene rings is 1. The van der Waals surface area contributed by atoms with E-state index in [-0.39, 0.29) is 0 Å². The van der Waals surface area contributed by atoms with Gasteiger partial charge < -0.3 is 15.1 Å². The topological polar surface area (TPSA) is 44.3 Å². The molecule has 110 valence electrons. The maximum absolute atomic E-state index is 4.68. The van der Waals surface area contributed by atoms with Crippen molar-refractivity contribution in [3.05, 3.63) is 11.4 Å². The maximum atomic E-state index is 4.68. The summed E-state index contributed by atoms with van der Waals surface area (Å²) in [5.74, 6) is 1.71. The molecule has 0 aliphatic heterocycles. The summed E-state index contributed by atoms with van der Waals surface area (Å²) in [5.41, 5.74) is 0. The minimum absolute atomic E-state index is 0.401. The van der Waals surface area contributed by atoms with Crippen molar-refractivity contribution in [2.24, 2.45) is 0 Å². The van der Waals surface area contributed by atoms with Crippen molar-refractivity contribution in [1.29, 1.82) is 0 Å². The molecule has 0 fully saturated rings. The first-order valence-corrected chi connectivity index (χ1v) is 7.79. The van der Waals surface area contributed by atoms with Crippen molar-refractivity contribution < 1.29 is 0 Å². The summed E-state index contributed by atoms with van der Waals surface area (Å²) in [6.07, 6.45) is 0. The fourth-order valence-corrected chi connectivity index (χ4v) is 3.23. The number of nitrogens with one attached hydrogen (secondary N) is 1. The number of aromatic nitrogens is 2. The summed E-state index contributed by atoms with van der Waals surface area (Å²) in [7, 11) is 6.06. The normalized spacial score (nSPS) is 12.9. The first-order chi connectivity index (χ1) is 9.56. The molecular formula is C14H23N5S. The largest absolute Gasteiger partial charge is 0.357 e. The van der Waals surface area contributed by atoms with Crippen LogP contribution in [0, 0.1) is 0 Å². The molecule has 2 aromatic rings. The molecule has 0 aliphatic rings. The minimum atomic E-state index is 0.401. The van der Waals surface area contributed by atoms with Gasteiger partial charge in [0.15, 0.2) is 0 Å². The number of hydrogen-bond acceptors (Lipinski definition) is 6. The molecule has 0 saturated heterocycles. The molecule has 1 atom stereocenters. The Morgan fingerprint density at radius 3 is 2.70 bits per heavy atom. The SMILES string of the molecule is CCN(c1nc(NC)nc2sccc12)C(C)CN(C)C. The lowest BCUT2D eigenvalue weighted by Crippen LogP contribution is -2.40. The van der Waals surface area contributed by atoms with Gasteiger partial charge in [0.05, 0.1) is 5.39 Å². The first kappa shape index (κ1) is 15.0. The molecule has 0 bridgehead atoms. The highest BCUT2D eigenvalue weighted by molar-refractivity contribution is 7.16. The summed E-state index contributed by atoms with van der Waals surface area (Å²) in [5, 5.41) is 6.27. The zero-order valence-corrected chi connectivity index (χ0v) is 13.7. The fourth-order valence-electron chi connectivity index (χ4n) is 2.47. The van der Waals surface area contributed by atoms with Gasteiger partial charge in [0, 0.05) is 26.2 Å². The summed E-state index contributed by atoms with van der Waals surface area (Å²) in [6, 6.07) is 2.51. The van der Waals surface area contributed by atoms with Crippen molar-refractivity contribution in [3.63, 3.8) is 0 Å². The Balaban J connectivity index is 2.44. The Kier molecular flexibility index (Phi) is 4.77. The lowest BCUT2D eigenvalue weighted by atomic mass is 10.2. The molecule has 1 unspecified atom stereocenters. The molecule has 20 heavy (non-hydrogen) atoms. The predicted octanol–water partition coefficient (Wildman–Crippen LogP) is 2.51. The maximum Gasteiger partial charge on any atom is 0.225 e. The van der Waals surface area contributed by atoms with Gasteiger partial charge in [-0.05, 0) is 39.4 Å². The Morgan fingerprint density at radius 1 is 1.35 bits per heavy atom. The number of fused-ring (bicyclic) bond motifs is 1. The second-order valence-corrected chi connectivity index (χ2v) is 6.05. The van der Waals surface area contributed by atoms with Crippen LogP contribution in [0.2, 0.25) is 0 Å². The fraction of sp³-hybridized carbons (Fsp3) is 0.571. The smallest absolute Gasteiger partial charge is 0.225 e. The van der Waals surface area contributed by atoms with Gasteiger partial charge in [-0.15, -0.1) is 11.3 Å². The standard InChI is InChI=1S/C14H23N5S/c1-6-19(10(2)9-18(4)5)12-11-7-8-20-13(11)17-14(15-3)16-12/h7-8,10H,6,9H2,1-5H3,(H,15,16,17). The van der Waals surface area contributed by atoms with E-state index in [0.29, 0.717) is 12.0 Å². The van der Waals surface area contributed by atoms with E-state index in [1.807, 2.05) is 7.05 Å². The average Bonchev–Trinajstić information content (AvgIpc) is 2.86. The third-order valence-electron chi connectivity index (χ3n) is 3.30. The molecule has 0 aliphatic carbocycles. The molecule has 2 rings (SSSR count). The third kappa shape index (κ3) is 3.02. The van der Waals surface area contributed by atoms with Crippen LogP contribution in [-0.4, -0.2) is 55.1 Å². The molecule has 2 heterocycles. The van der Waals surface area contributed by atoms with E-state index in [1.54, 1.807) is 11.3 Å². The van der Waals surface area contributed by atoms with Crippen LogP contribution >= 0.6 is 11.3 Å². The third-order valence-corrected chi connectivity index (χ3v) is 4.11. The van der Waals surface area contributed by atoms with Crippen molar-refractivity contribution in [1.82, 2.24) is 14.9 Å². The van der Waals surface area contributed by atoms with Gasteiger partial charge in [-0.25, -0.2) is 4.98 Å². The van der Waals surface area contributed by atoms with Gasteiger partial charge in [-0.1, -0.05) is 0 Å². The second-order valence-electron chi connectivity index (χ2n) is 5.16. The van der Waals surface area contributed by atoms with Crippen molar-refractivity contribution in [2.45, 2.75) is 19.9 Å². The predicted molar refractivity (Wildman–Crippen MR) is 88.0 cm³/mol. The molecule has 0 saturated carbocycles. The Hall–Kier alpha value is -1.40. The lowest BCUT2D eigenvalue weighted by molar-refractivity contribution is 0.372. The van der Waals surface area contributed by atoms with Gasteiger partial charge >= 0.3 is 0 Å². The Morgan fingerprint density at radius 2 is 2.10 bits per heavy atom. The average molecular weight is 293 g/mol. The highest BCUT2D eigenvalue weighted by Gasteiger charge is 2.19. The minimum Gasteiger partial charge on any atom is -0.357 e. The van der Waals surface area contributed by atoms with Gasteiger partial charge in [0.25, 0.3) is 0 Å². The van der Waals surface area contributed by atoms with Gasteiger partial charge in [-0.3, -0.25) is 0 Å². The molecule has 0 spiro atoms. The zero-order chi connectivity index (χ0) is 14.7. The zero-order valence-electron chi connectivity index (χ0n) is 12.8. The van der Waals surface area contributed by atoms with E-state index in [4.69, 9.17) is 0 Å². The second kappa shape index (κ2) is 6.37. The van der Waals surface area contributed by atoms with Crippen LogP contribution in [-0.2, 0) is 0 Å². The first-order valence-electron chi connectivity index (χ1n) is 6.91. The monoisotopic (exact) mass is 293 g/mol. The van der Waals surface area contributed by atoms with Crippen LogP contribution in [0.25, 0.3) is 10.2 Å². The number of likely N-dealkylation sites (N-methyl/N-ethyl adjacent to an activating group) is 2. The lowest BCUT2D eigenvalue weighted by Gasteiger charge is -2.31. The highest BCUT2D eigenvalue weighted by Crippen LogP contribution is 2.30. The van der Waals surface area contributed by atoms with Crippen LogP contribution in [0.15, 0.2) is 11.4 Å². The molecule has 2 aromatic heterocycles. The summed E-state index contributed by atoms with van der Waals surface area (Å²) >= 11 is 1.66. The van der Waals surface area contributed by atoms with Crippen molar-refractivity contribution >= 4 is 33.3 Å². The molecular weight excluding hydrogens is 270 g/mol.